The number of rotatable bonds is 11. The molecule has 0 bridgehead atoms. The number of amides is 3. The molecule has 7 heteroatoms. The summed E-state index contributed by atoms with van der Waals surface area (Å²) in [6.07, 6.45) is 4.08. The molecule has 3 aromatic carbocycles. The van der Waals surface area contributed by atoms with Gasteiger partial charge in [-0.15, -0.1) is 0 Å². The smallest absolute Gasteiger partial charge is 0.242 e. The number of nitrogens with zero attached hydrogens (tertiary/aromatic N) is 1. The number of likely N-dealkylation sites (tertiary alicyclic amines) is 1. The van der Waals surface area contributed by atoms with Crippen LogP contribution in [0.2, 0.25) is 0 Å². The minimum atomic E-state index is -0.712. The van der Waals surface area contributed by atoms with Gasteiger partial charge >= 0.3 is 0 Å². The fraction of sp³-hybridized carbons (Fsp3) is 0.400. The van der Waals surface area contributed by atoms with Gasteiger partial charge in [0.05, 0.1) is 5.41 Å². The predicted octanol–water partition coefficient (Wildman–Crippen LogP) is 4.02. The van der Waals surface area contributed by atoms with Gasteiger partial charge in [-0.05, 0) is 61.4 Å². The van der Waals surface area contributed by atoms with E-state index in [4.69, 9.17) is 0 Å². The zero-order valence-corrected chi connectivity index (χ0v) is 24.3. The second-order valence-corrected chi connectivity index (χ2v) is 11.5. The van der Waals surface area contributed by atoms with Gasteiger partial charge in [-0.2, -0.15) is 0 Å². The van der Waals surface area contributed by atoms with E-state index in [-0.39, 0.29) is 37.1 Å². The quantitative estimate of drug-likeness (QED) is 0.306. The summed E-state index contributed by atoms with van der Waals surface area (Å²) in [5.74, 6) is 0.168. The Bertz CT molecular complexity index is 1210. The van der Waals surface area contributed by atoms with E-state index in [2.05, 4.69) is 52.3 Å². The van der Waals surface area contributed by atoms with Crippen molar-refractivity contribution < 1.29 is 14.4 Å². The van der Waals surface area contributed by atoms with Crippen LogP contribution in [0.3, 0.4) is 0 Å². The molecular formula is C35H42N4O3. The molecule has 2 heterocycles. The van der Waals surface area contributed by atoms with Crippen molar-refractivity contribution in [2.45, 2.75) is 50.0 Å². The Kier molecular flexibility index (Phi) is 10.0. The standard InChI is InChI=1S/C35H42N4O3/c40-32(38-26-27-12-10-21-36-25-27)20-22-37-34(42)31-19-11-23-39(31)33(41)24-35(28-13-4-1-5-14-28,29-15-6-2-7-16-29)30-17-8-3-9-18-30/h1-9,13-18,27,31,36H,10-12,19-26H2,(H,37,42)(H,38,40)/t27-,31-/m0/s1. The molecule has 5 rings (SSSR count). The van der Waals surface area contributed by atoms with Gasteiger partial charge in [-0.1, -0.05) is 91.0 Å². The van der Waals surface area contributed by atoms with E-state index in [0.717, 1.165) is 49.0 Å². The first kappa shape index (κ1) is 29.5. The van der Waals surface area contributed by atoms with Crippen molar-refractivity contribution >= 4 is 17.7 Å². The van der Waals surface area contributed by atoms with Crippen molar-refractivity contribution in [3.05, 3.63) is 108 Å². The maximum absolute atomic E-state index is 14.2. The molecule has 0 radical (unpaired) electrons. The molecule has 42 heavy (non-hydrogen) atoms. The summed E-state index contributed by atoms with van der Waals surface area (Å²) in [6, 6.07) is 30.0. The van der Waals surface area contributed by atoms with Gasteiger partial charge in [-0.25, -0.2) is 0 Å². The largest absolute Gasteiger partial charge is 0.356 e. The molecule has 2 aliphatic rings. The Morgan fingerprint density at radius 2 is 1.38 bits per heavy atom. The lowest BCUT2D eigenvalue weighted by Crippen LogP contribution is -2.48. The average molecular weight is 567 g/mol. The van der Waals surface area contributed by atoms with Crippen LogP contribution in [-0.4, -0.2) is 61.4 Å². The number of carbonyl (C=O) groups is 3. The van der Waals surface area contributed by atoms with Gasteiger partial charge in [0, 0.05) is 32.5 Å². The van der Waals surface area contributed by atoms with Crippen molar-refractivity contribution in [3.63, 3.8) is 0 Å². The lowest BCUT2D eigenvalue weighted by Gasteiger charge is -2.37. The maximum Gasteiger partial charge on any atom is 0.242 e. The lowest BCUT2D eigenvalue weighted by atomic mass is 9.67. The van der Waals surface area contributed by atoms with Crippen LogP contribution in [0.25, 0.3) is 0 Å². The number of nitrogens with one attached hydrogen (secondary N) is 3. The first-order valence-corrected chi connectivity index (χ1v) is 15.3. The highest BCUT2D eigenvalue weighted by molar-refractivity contribution is 5.89. The summed E-state index contributed by atoms with van der Waals surface area (Å²) in [5.41, 5.74) is 2.39. The summed E-state index contributed by atoms with van der Waals surface area (Å²) in [6.45, 7) is 3.44. The monoisotopic (exact) mass is 566 g/mol. The molecule has 220 valence electrons. The number of hydrogen-bond donors (Lipinski definition) is 3. The molecular weight excluding hydrogens is 524 g/mol. The van der Waals surface area contributed by atoms with E-state index in [1.807, 2.05) is 54.6 Å². The highest BCUT2D eigenvalue weighted by Gasteiger charge is 2.42. The molecule has 2 saturated heterocycles. The van der Waals surface area contributed by atoms with Gasteiger partial charge in [-0.3, -0.25) is 14.4 Å². The van der Waals surface area contributed by atoms with E-state index in [0.29, 0.717) is 25.4 Å². The normalized spacial score (nSPS) is 18.8. The van der Waals surface area contributed by atoms with E-state index < -0.39 is 11.5 Å². The summed E-state index contributed by atoms with van der Waals surface area (Å²) in [4.78, 5) is 41.6. The van der Waals surface area contributed by atoms with E-state index in [1.54, 1.807) is 4.90 Å². The third-order valence-corrected chi connectivity index (χ3v) is 8.73. The third-order valence-electron chi connectivity index (χ3n) is 8.73. The molecule has 0 saturated carbocycles. The molecule has 0 aromatic heterocycles. The van der Waals surface area contributed by atoms with Crippen LogP contribution < -0.4 is 16.0 Å². The van der Waals surface area contributed by atoms with Gasteiger partial charge in [0.15, 0.2) is 0 Å². The summed E-state index contributed by atoms with van der Waals surface area (Å²) in [5, 5.41) is 9.29. The molecule has 7 nitrogen and oxygen atoms in total. The fourth-order valence-corrected chi connectivity index (χ4v) is 6.50. The Hall–Kier alpha value is -3.97. The van der Waals surface area contributed by atoms with Crippen molar-refractivity contribution in [3.8, 4) is 0 Å². The zero-order valence-electron chi connectivity index (χ0n) is 24.3. The molecule has 0 aliphatic carbocycles. The van der Waals surface area contributed by atoms with Gasteiger partial charge in [0.25, 0.3) is 0 Å². The van der Waals surface area contributed by atoms with Crippen LogP contribution in [0.5, 0.6) is 0 Å². The van der Waals surface area contributed by atoms with Gasteiger partial charge in [0.2, 0.25) is 17.7 Å². The molecule has 2 atom stereocenters. The highest BCUT2D eigenvalue weighted by Crippen LogP contribution is 2.43. The van der Waals surface area contributed by atoms with Gasteiger partial charge in [0.1, 0.15) is 6.04 Å². The van der Waals surface area contributed by atoms with E-state index >= 15 is 0 Å². The molecule has 0 unspecified atom stereocenters. The van der Waals surface area contributed by atoms with Crippen molar-refractivity contribution in [2.75, 3.05) is 32.7 Å². The Morgan fingerprint density at radius 1 is 0.786 bits per heavy atom. The van der Waals surface area contributed by atoms with Crippen molar-refractivity contribution in [1.29, 1.82) is 0 Å². The molecule has 3 aromatic rings. The van der Waals surface area contributed by atoms with Gasteiger partial charge < -0.3 is 20.9 Å². The van der Waals surface area contributed by atoms with Crippen LogP contribution in [0, 0.1) is 5.92 Å². The van der Waals surface area contributed by atoms with Crippen LogP contribution in [0.15, 0.2) is 91.0 Å². The number of hydrogen-bond acceptors (Lipinski definition) is 4. The maximum atomic E-state index is 14.2. The molecule has 2 fully saturated rings. The first-order chi connectivity index (χ1) is 20.6. The SMILES string of the molecule is O=C(CCNC(=O)[C@@H]1CCCN1C(=O)CC(c1ccccc1)(c1ccccc1)c1ccccc1)NC[C@H]1CCCNC1. The molecule has 3 amide bonds. The zero-order chi connectivity index (χ0) is 29.2. The van der Waals surface area contributed by atoms with Crippen molar-refractivity contribution in [1.82, 2.24) is 20.9 Å². The van der Waals surface area contributed by atoms with E-state index in [9.17, 15) is 14.4 Å². The Labute approximate surface area is 249 Å². The molecule has 2 aliphatic heterocycles. The van der Waals surface area contributed by atoms with Crippen LogP contribution in [-0.2, 0) is 19.8 Å². The molecule has 0 spiro atoms. The topological polar surface area (TPSA) is 90.5 Å². The first-order valence-electron chi connectivity index (χ1n) is 15.3. The van der Waals surface area contributed by atoms with Crippen LogP contribution in [0.1, 0.15) is 55.2 Å². The Balaban J connectivity index is 1.28. The fourth-order valence-electron chi connectivity index (χ4n) is 6.50. The predicted molar refractivity (Wildman–Crippen MR) is 165 cm³/mol. The average Bonchev–Trinajstić information content (AvgIpc) is 3.55. The van der Waals surface area contributed by atoms with Crippen LogP contribution >= 0.6 is 0 Å². The summed E-state index contributed by atoms with van der Waals surface area (Å²) >= 11 is 0. The highest BCUT2D eigenvalue weighted by atomic mass is 16.2. The van der Waals surface area contributed by atoms with Crippen LogP contribution in [0.4, 0.5) is 0 Å². The number of benzene rings is 3. The minimum Gasteiger partial charge on any atom is -0.356 e. The molecule has 3 N–H and O–H groups in total. The summed E-state index contributed by atoms with van der Waals surface area (Å²) < 4.78 is 0. The van der Waals surface area contributed by atoms with E-state index in [1.165, 1.54) is 0 Å². The number of carbonyl (C=O) groups excluding carboxylic acids is 3. The summed E-state index contributed by atoms with van der Waals surface area (Å²) in [7, 11) is 0. The Morgan fingerprint density at radius 3 is 1.93 bits per heavy atom. The third kappa shape index (κ3) is 6.90. The minimum absolute atomic E-state index is 0.0527. The lowest BCUT2D eigenvalue weighted by molar-refractivity contribution is -0.139. The second kappa shape index (κ2) is 14.3. The number of piperidine rings is 1. The van der Waals surface area contributed by atoms with Crippen molar-refractivity contribution in [2.24, 2.45) is 5.92 Å². The second-order valence-electron chi connectivity index (χ2n) is 11.5.